The quantitative estimate of drug-likeness (QED) is 0.740. The maximum Gasteiger partial charge on any atom is 0.0195 e. The summed E-state index contributed by atoms with van der Waals surface area (Å²) in [5.41, 5.74) is 0. The van der Waals surface area contributed by atoms with Crippen LogP contribution in [0.25, 0.3) is 0 Å². The van der Waals surface area contributed by atoms with Gasteiger partial charge in [0.15, 0.2) is 0 Å². The van der Waals surface area contributed by atoms with Crippen LogP contribution in [0.5, 0.6) is 0 Å². The van der Waals surface area contributed by atoms with Crippen LogP contribution in [0.15, 0.2) is 0 Å². The Kier molecular flexibility index (Phi) is 6.32. The Bertz CT molecular complexity index is 178. The molecule has 1 aliphatic heterocycles. The second-order valence-electron chi connectivity index (χ2n) is 5.15. The molecule has 1 heterocycles. The molecule has 0 amide bonds. The van der Waals surface area contributed by atoms with Gasteiger partial charge in [-0.3, -0.25) is 4.90 Å². The van der Waals surface area contributed by atoms with Crippen LogP contribution in [0.1, 0.15) is 33.6 Å². The van der Waals surface area contributed by atoms with Gasteiger partial charge in [0.1, 0.15) is 0 Å². The van der Waals surface area contributed by atoms with Crippen molar-refractivity contribution in [2.24, 2.45) is 0 Å². The Morgan fingerprint density at radius 3 is 2.62 bits per heavy atom. The van der Waals surface area contributed by atoms with E-state index in [9.17, 15) is 0 Å². The second-order valence-corrected chi connectivity index (χ2v) is 5.15. The third-order valence-corrected chi connectivity index (χ3v) is 3.55. The minimum absolute atomic E-state index is 0.681. The molecule has 0 spiro atoms. The van der Waals surface area contributed by atoms with E-state index in [0.29, 0.717) is 12.1 Å². The van der Waals surface area contributed by atoms with Crippen molar-refractivity contribution in [3.63, 3.8) is 0 Å². The zero-order valence-electron chi connectivity index (χ0n) is 11.5. The first-order valence-corrected chi connectivity index (χ1v) is 6.83. The summed E-state index contributed by atoms with van der Waals surface area (Å²) in [7, 11) is 2.22. The first-order valence-electron chi connectivity index (χ1n) is 6.83. The molecule has 3 heteroatoms. The predicted molar refractivity (Wildman–Crippen MR) is 70.9 cm³/mol. The Morgan fingerprint density at radius 1 is 1.31 bits per heavy atom. The number of nitrogens with zero attached hydrogens (tertiary/aromatic N) is 2. The van der Waals surface area contributed by atoms with Gasteiger partial charge in [-0.25, -0.2) is 0 Å². The van der Waals surface area contributed by atoms with Gasteiger partial charge in [-0.2, -0.15) is 0 Å². The van der Waals surface area contributed by atoms with Crippen LogP contribution in [0.4, 0.5) is 0 Å². The summed E-state index contributed by atoms with van der Waals surface area (Å²) in [6.45, 7) is 12.8. The Labute approximate surface area is 101 Å². The maximum atomic E-state index is 3.61. The lowest BCUT2D eigenvalue weighted by atomic mass is 10.1. The molecule has 1 aliphatic rings. The summed E-state index contributed by atoms with van der Waals surface area (Å²) >= 11 is 0. The molecule has 16 heavy (non-hydrogen) atoms. The van der Waals surface area contributed by atoms with Crippen molar-refractivity contribution in [3.8, 4) is 0 Å². The third-order valence-electron chi connectivity index (χ3n) is 3.55. The van der Waals surface area contributed by atoms with Crippen LogP contribution < -0.4 is 5.32 Å². The molecular formula is C13H29N3. The van der Waals surface area contributed by atoms with Gasteiger partial charge in [0.2, 0.25) is 0 Å². The molecular weight excluding hydrogens is 198 g/mol. The lowest BCUT2D eigenvalue weighted by molar-refractivity contribution is 0.0894. The van der Waals surface area contributed by atoms with Gasteiger partial charge in [0.05, 0.1) is 0 Å². The summed E-state index contributed by atoms with van der Waals surface area (Å²) in [4.78, 5) is 5.08. The first-order chi connectivity index (χ1) is 7.67. The summed E-state index contributed by atoms with van der Waals surface area (Å²) in [6.07, 6.45) is 2.58. The van der Waals surface area contributed by atoms with E-state index in [2.05, 4.69) is 42.9 Å². The summed E-state index contributed by atoms with van der Waals surface area (Å²) in [6, 6.07) is 1.39. The SMILES string of the molecule is CCCC(CN1CCN(C)CC1C)NCC. The molecule has 2 unspecified atom stereocenters. The first kappa shape index (κ1) is 13.9. The van der Waals surface area contributed by atoms with Crippen molar-refractivity contribution in [2.45, 2.75) is 45.7 Å². The van der Waals surface area contributed by atoms with Crippen LogP contribution in [-0.4, -0.2) is 61.7 Å². The Balaban J connectivity index is 2.37. The minimum Gasteiger partial charge on any atom is -0.313 e. The number of piperazine rings is 1. The number of nitrogens with one attached hydrogen (secondary N) is 1. The molecule has 96 valence electrons. The fraction of sp³-hybridized carbons (Fsp3) is 1.00. The van der Waals surface area contributed by atoms with Crippen LogP contribution in [0.2, 0.25) is 0 Å². The zero-order chi connectivity index (χ0) is 12.0. The smallest absolute Gasteiger partial charge is 0.0195 e. The summed E-state index contributed by atoms with van der Waals surface area (Å²) in [5, 5.41) is 3.61. The molecule has 0 saturated carbocycles. The molecule has 3 nitrogen and oxygen atoms in total. The van der Waals surface area contributed by atoms with Gasteiger partial charge in [0, 0.05) is 38.3 Å². The summed E-state index contributed by atoms with van der Waals surface area (Å²) in [5.74, 6) is 0. The van der Waals surface area contributed by atoms with E-state index < -0.39 is 0 Å². The standard InChI is InChI=1S/C13H29N3/c1-5-7-13(14-6-2)11-16-9-8-15(4)10-12(16)3/h12-14H,5-11H2,1-4H3. The van der Waals surface area contributed by atoms with E-state index in [4.69, 9.17) is 0 Å². The average Bonchev–Trinajstić information content (AvgIpc) is 2.23. The zero-order valence-corrected chi connectivity index (χ0v) is 11.5. The fourth-order valence-electron chi connectivity index (χ4n) is 2.63. The Morgan fingerprint density at radius 2 is 2.06 bits per heavy atom. The van der Waals surface area contributed by atoms with Crippen LogP contribution >= 0.6 is 0 Å². The molecule has 0 aromatic rings. The maximum absolute atomic E-state index is 3.61. The van der Waals surface area contributed by atoms with E-state index in [1.54, 1.807) is 0 Å². The molecule has 1 saturated heterocycles. The van der Waals surface area contributed by atoms with Crippen molar-refractivity contribution in [1.29, 1.82) is 0 Å². The van der Waals surface area contributed by atoms with Gasteiger partial charge < -0.3 is 10.2 Å². The predicted octanol–water partition coefficient (Wildman–Crippen LogP) is 1.40. The van der Waals surface area contributed by atoms with Crippen LogP contribution in [0, 0.1) is 0 Å². The molecule has 0 aliphatic carbocycles. The molecule has 0 bridgehead atoms. The average molecular weight is 227 g/mol. The number of likely N-dealkylation sites (N-methyl/N-ethyl adjacent to an activating group) is 2. The highest BCUT2D eigenvalue weighted by atomic mass is 15.3. The van der Waals surface area contributed by atoms with Crippen molar-refractivity contribution in [2.75, 3.05) is 39.8 Å². The van der Waals surface area contributed by atoms with Gasteiger partial charge in [-0.05, 0) is 26.9 Å². The van der Waals surface area contributed by atoms with Crippen molar-refractivity contribution >= 4 is 0 Å². The number of rotatable bonds is 6. The monoisotopic (exact) mass is 227 g/mol. The lowest BCUT2D eigenvalue weighted by Gasteiger charge is -2.40. The van der Waals surface area contributed by atoms with Gasteiger partial charge in [0.25, 0.3) is 0 Å². The molecule has 0 aromatic heterocycles. The highest BCUT2D eigenvalue weighted by molar-refractivity contribution is 4.81. The molecule has 0 radical (unpaired) electrons. The molecule has 1 N–H and O–H groups in total. The molecule has 1 rings (SSSR count). The second kappa shape index (κ2) is 7.25. The topological polar surface area (TPSA) is 18.5 Å². The normalized spacial score (nSPS) is 25.9. The van der Waals surface area contributed by atoms with E-state index in [-0.39, 0.29) is 0 Å². The van der Waals surface area contributed by atoms with Gasteiger partial charge >= 0.3 is 0 Å². The molecule has 1 fully saturated rings. The lowest BCUT2D eigenvalue weighted by Crippen LogP contribution is -2.54. The molecule has 0 aromatic carbocycles. The Hall–Kier alpha value is -0.120. The number of hydrogen-bond donors (Lipinski definition) is 1. The van der Waals surface area contributed by atoms with E-state index in [1.165, 1.54) is 39.0 Å². The van der Waals surface area contributed by atoms with Gasteiger partial charge in [-0.1, -0.05) is 20.3 Å². The van der Waals surface area contributed by atoms with E-state index >= 15 is 0 Å². The third kappa shape index (κ3) is 4.40. The minimum atomic E-state index is 0.681. The number of hydrogen-bond acceptors (Lipinski definition) is 3. The van der Waals surface area contributed by atoms with Gasteiger partial charge in [-0.15, -0.1) is 0 Å². The van der Waals surface area contributed by atoms with Crippen molar-refractivity contribution in [3.05, 3.63) is 0 Å². The fourth-order valence-corrected chi connectivity index (χ4v) is 2.63. The van der Waals surface area contributed by atoms with Crippen molar-refractivity contribution in [1.82, 2.24) is 15.1 Å². The summed E-state index contributed by atoms with van der Waals surface area (Å²) < 4.78 is 0. The van der Waals surface area contributed by atoms with Crippen LogP contribution in [0.3, 0.4) is 0 Å². The molecule has 2 atom stereocenters. The van der Waals surface area contributed by atoms with E-state index in [1.807, 2.05) is 0 Å². The van der Waals surface area contributed by atoms with Crippen molar-refractivity contribution < 1.29 is 0 Å². The highest BCUT2D eigenvalue weighted by Crippen LogP contribution is 2.10. The van der Waals surface area contributed by atoms with Crippen LogP contribution in [-0.2, 0) is 0 Å². The van der Waals surface area contributed by atoms with E-state index in [0.717, 1.165) is 6.54 Å². The largest absolute Gasteiger partial charge is 0.313 e. The highest BCUT2D eigenvalue weighted by Gasteiger charge is 2.23.